The van der Waals surface area contributed by atoms with Gasteiger partial charge in [0, 0.05) is 19.1 Å². The second kappa shape index (κ2) is 11.7. The lowest BCUT2D eigenvalue weighted by atomic mass is 10.0. The molecule has 176 valence electrons. The number of hydrogen-bond acceptors (Lipinski definition) is 6. The topological polar surface area (TPSA) is 105 Å². The number of alkyl carbamates (subject to hydrolysis) is 1. The Bertz CT molecular complexity index is 959. The van der Waals surface area contributed by atoms with Crippen LogP contribution in [0.2, 0.25) is 0 Å². The summed E-state index contributed by atoms with van der Waals surface area (Å²) in [6.45, 7) is 4.48. The Balaban J connectivity index is 2.21. The van der Waals surface area contributed by atoms with Gasteiger partial charge in [0.15, 0.2) is 0 Å². The zero-order valence-corrected chi connectivity index (χ0v) is 19.8. The van der Waals surface area contributed by atoms with Gasteiger partial charge >= 0.3 is 6.09 Å². The van der Waals surface area contributed by atoms with Gasteiger partial charge in [0.1, 0.15) is 11.5 Å². The normalized spacial score (nSPS) is 12.6. The molecule has 0 saturated heterocycles. The van der Waals surface area contributed by atoms with Gasteiger partial charge in [-0.25, -0.2) is 13.2 Å². The Hall–Kier alpha value is -2.78. The largest absolute Gasteiger partial charge is 0.508 e. The number of methoxy groups -OCH3 is 2. The second-order valence-electron chi connectivity index (χ2n) is 7.92. The molecule has 8 nitrogen and oxygen atoms in total. The van der Waals surface area contributed by atoms with Gasteiger partial charge in [-0.15, -0.1) is 0 Å². The van der Waals surface area contributed by atoms with E-state index in [2.05, 4.69) is 5.32 Å². The van der Waals surface area contributed by atoms with Crippen molar-refractivity contribution in [2.24, 2.45) is 5.92 Å². The van der Waals surface area contributed by atoms with E-state index in [1.807, 2.05) is 13.8 Å². The van der Waals surface area contributed by atoms with E-state index in [-0.39, 0.29) is 29.1 Å². The zero-order chi connectivity index (χ0) is 23.7. The highest BCUT2D eigenvalue weighted by Gasteiger charge is 2.26. The Kier molecular flexibility index (Phi) is 9.34. The van der Waals surface area contributed by atoms with Crippen molar-refractivity contribution in [3.8, 4) is 11.5 Å². The number of benzene rings is 2. The smallest absolute Gasteiger partial charge is 0.407 e. The predicted molar refractivity (Wildman–Crippen MR) is 122 cm³/mol. The van der Waals surface area contributed by atoms with Crippen molar-refractivity contribution in [3.63, 3.8) is 0 Å². The molecule has 1 atom stereocenters. The Morgan fingerprint density at radius 2 is 1.69 bits per heavy atom. The molecule has 9 heteroatoms. The van der Waals surface area contributed by atoms with E-state index in [4.69, 9.17) is 9.47 Å². The van der Waals surface area contributed by atoms with Gasteiger partial charge in [-0.05, 0) is 60.7 Å². The summed E-state index contributed by atoms with van der Waals surface area (Å²) >= 11 is 0. The van der Waals surface area contributed by atoms with E-state index in [1.165, 1.54) is 30.7 Å². The first-order chi connectivity index (χ1) is 15.1. The van der Waals surface area contributed by atoms with Crippen molar-refractivity contribution in [3.05, 3.63) is 54.1 Å². The molecule has 0 heterocycles. The van der Waals surface area contributed by atoms with Gasteiger partial charge in [0.25, 0.3) is 0 Å². The van der Waals surface area contributed by atoms with Crippen LogP contribution in [0.15, 0.2) is 53.4 Å². The number of phenols is 1. The monoisotopic (exact) mass is 464 g/mol. The van der Waals surface area contributed by atoms with Crippen molar-refractivity contribution < 1.29 is 27.8 Å². The number of nitrogens with zero attached hydrogens (tertiary/aromatic N) is 1. The summed E-state index contributed by atoms with van der Waals surface area (Å²) in [6, 6.07) is 12.6. The minimum atomic E-state index is -3.73. The molecule has 0 saturated carbocycles. The van der Waals surface area contributed by atoms with Crippen LogP contribution in [0, 0.1) is 5.92 Å². The van der Waals surface area contributed by atoms with E-state index < -0.39 is 16.1 Å². The van der Waals surface area contributed by atoms with Crippen molar-refractivity contribution in [2.45, 2.75) is 37.6 Å². The van der Waals surface area contributed by atoms with Crippen LogP contribution >= 0.6 is 0 Å². The highest BCUT2D eigenvalue weighted by Crippen LogP contribution is 2.21. The lowest BCUT2D eigenvalue weighted by molar-refractivity contribution is 0.165. The zero-order valence-electron chi connectivity index (χ0n) is 18.9. The first-order valence-corrected chi connectivity index (χ1v) is 11.9. The predicted octanol–water partition coefficient (Wildman–Crippen LogP) is 3.40. The van der Waals surface area contributed by atoms with Crippen molar-refractivity contribution in [2.75, 3.05) is 27.3 Å². The van der Waals surface area contributed by atoms with E-state index in [0.717, 1.165) is 5.56 Å². The van der Waals surface area contributed by atoms with Gasteiger partial charge in [0.2, 0.25) is 10.0 Å². The quantitative estimate of drug-likeness (QED) is 0.528. The molecule has 0 bridgehead atoms. The van der Waals surface area contributed by atoms with Crippen molar-refractivity contribution >= 4 is 16.1 Å². The number of ether oxygens (including phenoxy) is 2. The molecule has 0 aliphatic heterocycles. The summed E-state index contributed by atoms with van der Waals surface area (Å²) in [5.74, 6) is 0.850. The first-order valence-electron chi connectivity index (χ1n) is 10.4. The molecule has 0 unspecified atom stereocenters. The number of sulfonamides is 1. The maximum absolute atomic E-state index is 13.3. The number of nitrogens with one attached hydrogen (secondary N) is 1. The number of amides is 1. The van der Waals surface area contributed by atoms with Crippen LogP contribution in [-0.4, -0.2) is 57.3 Å². The molecule has 0 aliphatic carbocycles. The Morgan fingerprint density at radius 3 is 2.22 bits per heavy atom. The summed E-state index contributed by atoms with van der Waals surface area (Å²) < 4.78 is 37.9. The summed E-state index contributed by atoms with van der Waals surface area (Å²) in [4.78, 5) is 12.0. The van der Waals surface area contributed by atoms with Crippen molar-refractivity contribution in [1.29, 1.82) is 0 Å². The maximum Gasteiger partial charge on any atom is 0.407 e. The summed E-state index contributed by atoms with van der Waals surface area (Å²) in [6.07, 6.45) is 0.271. The molecular weight excluding hydrogens is 432 g/mol. The number of hydrogen-bond donors (Lipinski definition) is 2. The molecule has 32 heavy (non-hydrogen) atoms. The molecule has 1 amide bonds. The SMILES string of the molecule is COC(=O)N[C@H](CCN(CC(C)C)S(=O)(=O)c1ccc(OC)cc1)Cc1ccc(O)cc1. The molecule has 0 aromatic heterocycles. The second-order valence-corrected chi connectivity index (χ2v) is 9.86. The third-order valence-electron chi connectivity index (χ3n) is 4.92. The highest BCUT2D eigenvalue weighted by molar-refractivity contribution is 7.89. The fourth-order valence-electron chi connectivity index (χ4n) is 3.28. The molecule has 0 aliphatic rings. The number of aromatic hydroxyl groups is 1. The van der Waals surface area contributed by atoms with Gasteiger partial charge < -0.3 is 19.9 Å². The highest BCUT2D eigenvalue weighted by atomic mass is 32.2. The molecule has 0 spiro atoms. The average molecular weight is 465 g/mol. The molecule has 0 fully saturated rings. The molecule has 2 aromatic rings. The van der Waals surface area contributed by atoms with Gasteiger partial charge in [-0.1, -0.05) is 26.0 Å². The van der Waals surface area contributed by atoms with Gasteiger partial charge in [-0.2, -0.15) is 4.31 Å². The molecular formula is C23H32N2O6S. The van der Waals surface area contributed by atoms with Crippen LogP contribution in [0.1, 0.15) is 25.8 Å². The first kappa shape index (κ1) is 25.5. The lowest BCUT2D eigenvalue weighted by Crippen LogP contribution is -2.41. The van der Waals surface area contributed by atoms with Crippen LogP contribution in [0.25, 0.3) is 0 Å². The summed E-state index contributed by atoms with van der Waals surface area (Å²) in [7, 11) is -0.920. The molecule has 0 radical (unpaired) electrons. The van der Waals surface area contributed by atoms with Gasteiger partial charge in [-0.3, -0.25) is 0 Å². The fraction of sp³-hybridized carbons (Fsp3) is 0.435. The molecule has 2 rings (SSSR count). The number of carbonyl (C=O) groups excluding carboxylic acids is 1. The standard InChI is InChI=1S/C23H32N2O6S/c1-17(2)16-25(32(28,29)22-11-9-21(30-3)10-12-22)14-13-19(24-23(27)31-4)15-18-5-7-20(26)8-6-18/h5-12,17,19,26H,13-16H2,1-4H3,(H,24,27)/t19-/m1/s1. The minimum Gasteiger partial charge on any atom is -0.508 e. The molecule has 2 N–H and O–H groups in total. The maximum atomic E-state index is 13.3. The van der Waals surface area contributed by atoms with E-state index >= 15 is 0 Å². The van der Waals surface area contributed by atoms with Crippen LogP contribution in [0.4, 0.5) is 4.79 Å². The van der Waals surface area contributed by atoms with Crippen LogP contribution in [-0.2, 0) is 21.2 Å². The number of rotatable bonds is 11. The summed E-state index contributed by atoms with van der Waals surface area (Å²) in [5, 5.41) is 12.3. The van der Waals surface area contributed by atoms with Gasteiger partial charge in [0.05, 0.1) is 19.1 Å². The average Bonchev–Trinajstić information content (AvgIpc) is 2.77. The van der Waals surface area contributed by atoms with Crippen LogP contribution < -0.4 is 10.1 Å². The number of phenolic OH excluding ortho intramolecular Hbond substituents is 1. The Morgan fingerprint density at radius 1 is 1.06 bits per heavy atom. The van der Waals surface area contributed by atoms with E-state index in [0.29, 0.717) is 25.1 Å². The summed E-state index contributed by atoms with van der Waals surface area (Å²) in [5.41, 5.74) is 0.901. The molecule has 2 aromatic carbocycles. The number of carbonyl (C=O) groups is 1. The fourth-order valence-corrected chi connectivity index (χ4v) is 4.90. The Labute approximate surface area is 190 Å². The third-order valence-corrected chi connectivity index (χ3v) is 6.80. The lowest BCUT2D eigenvalue weighted by Gasteiger charge is -2.26. The minimum absolute atomic E-state index is 0.118. The van der Waals surface area contributed by atoms with Crippen molar-refractivity contribution in [1.82, 2.24) is 9.62 Å². The van der Waals surface area contributed by atoms with Crippen LogP contribution in [0.3, 0.4) is 0 Å². The van der Waals surface area contributed by atoms with E-state index in [1.54, 1.807) is 36.4 Å². The van der Waals surface area contributed by atoms with Crippen LogP contribution in [0.5, 0.6) is 11.5 Å². The third kappa shape index (κ3) is 7.42. The van der Waals surface area contributed by atoms with E-state index in [9.17, 15) is 18.3 Å².